The predicted octanol–water partition coefficient (Wildman–Crippen LogP) is 1.78. The number of amides is 2. The van der Waals surface area contributed by atoms with Crippen molar-refractivity contribution in [1.82, 2.24) is 9.80 Å². The van der Waals surface area contributed by atoms with E-state index in [0.29, 0.717) is 39.3 Å². The van der Waals surface area contributed by atoms with Crippen molar-refractivity contribution in [1.29, 1.82) is 0 Å². The number of piperidine rings is 1. The van der Waals surface area contributed by atoms with Gasteiger partial charge < -0.3 is 14.5 Å². The minimum absolute atomic E-state index is 0.0603. The Morgan fingerprint density at radius 1 is 1.08 bits per heavy atom. The third-order valence-electron chi connectivity index (χ3n) is 4.91. The lowest BCUT2D eigenvalue weighted by molar-refractivity contribution is -0.149. The van der Waals surface area contributed by atoms with Gasteiger partial charge in [-0.15, -0.1) is 0 Å². The second-order valence-electron chi connectivity index (χ2n) is 6.70. The molecule has 130 valence electrons. The Morgan fingerprint density at radius 3 is 2.50 bits per heavy atom. The molecule has 5 heteroatoms. The molecule has 1 aromatic carbocycles. The Bertz CT molecular complexity index is 579. The van der Waals surface area contributed by atoms with Crippen LogP contribution in [0.2, 0.25) is 0 Å². The highest BCUT2D eigenvalue weighted by Gasteiger charge is 2.35. The number of aryl methyl sites for hydroxylation is 1. The number of carbonyl (C=O) groups excluding carboxylic acids is 2. The standard InChI is InChI=1S/C19H26N2O3/c1-15-5-7-16(8-6-15)14-18(22)21-9-3-2-4-17(21)19(23)20-10-12-24-13-11-20/h5-8,17H,2-4,9-14H2,1H3/t17-/m0/s1. The molecular formula is C19H26N2O3. The van der Waals surface area contributed by atoms with Crippen molar-refractivity contribution >= 4 is 11.8 Å². The molecule has 0 spiro atoms. The summed E-state index contributed by atoms with van der Waals surface area (Å²) in [7, 11) is 0. The number of carbonyl (C=O) groups is 2. The summed E-state index contributed by atoms with van der Waals surface area (Å²) in [6.45, 7) is 5.18. The van der Waals surface area contributed by atoms with E-state index in [2.05, 4.69) is 0 Å². The van der Waals surface area contributed by atoms with Crippen LogP contribution in [0.25, 0.3) is 0 Å². The number of hydrogen-bond donors (Lipinski definition) is 0. The number of rotatable bonds is 3. The monoisotopic (exact) mass is 330 g/mol. The first-order chi connectivity index (χ1) is 11.6. The molecule has 0 bridgehead atoms. The fourth-order valence-corrected chi connectivity index (χ4v) is 3.46. The summed E-state index contributed by atoms with van der Waals surface area (Å²) < 4.78 is 5.33. The Hall–Kier alpha value is -1.88. The lowest BCUT2D eigenvalue weighted by Crippen LogP contribution is -2.55. The van der Waals surface area contributed by atoms with E-state index in [1.807, 2.05) is 36.1 Å². The molecule has 2 saturated heterocycles. The maximum atomic E-state index is 12.8. The molecule has 24 heavy (non-hydrogen) atoms. The average molecular weight is 330 g/mol. The van der Waals surface area contributed by atoms with Crippen LogP contribution in [-0.2, 0) is 20.7 Å². The fourth-order valence-electron chi connectivity index (χ4n) is 3.46. The number of benzene rings is 1. The summed E-state index contributed by atoms with van der Waals surface area (Å²) in [5, 5.41) is 0. The van der Waals surface area contributed by atoms with Crippen molar-refractivity contribution in [3.05, 3.63) is 35.4 Å². The second kappa shape index (κ2) is 7.79. The van der Waals surface area contributed by atoms with Crippen molar-refractivity contribution in [2.24, 2.45) is 0 Å². The van der Waals surface area contributed by atoms with Crippen LogP contribution in [0.4, 0.5) is 0 Å². The number of hydrogen-bond acceptors (Lipinski definition) is 3. The SMILES string of the molecule is Cc1ccc(CC(=O)N2CCCC[C@H]2C(=O)N2CCOCC2)cc1. The van der Waals surface area contributed by atoms with Gasteiger partial charge >= 0.3 is 0 Å². The predicted molar refractivity (Wildman–Crippen MR) is 91.6 cm³/mol. The van der Waals surface area contributed by atoms with Crippen LogP contribution in [0.5, 0.6) is 0 Å². The summed E-state index contributed by atoms with van der Waals surface area (Å²) >= 11 is 0. The molecular weight excluding hydrogens is 304 g/mol. The summed E-state index contributed by atoms with van der Waals surface area (Å²) in [5.41, 5.74) is 2.19. The summed E-state index contributed by atoms with van der Waals surface area (Å²) in [6, 6.07) is 7.74. The largest absolute Gasteiger partial charge is 0.378 e. The topological polar surface area (TPSA) is 49.9 Å². The first-order valence-electron chi connectivity index (χ1n) is 8.87. The molecule has 2 aliphatic heterocycles. The van der Waals surface area contributed by atoms with Crippen LogP contribution in [-0.4, -0.2) is 60.5 Å². The van der Waals surface area contributed by atoms with E-state index in [9.17, 15) is 9.59 Å². The van der Waals surface area contributed by atoms with Crippen LogP contribution in [0.15, 0.2) is 24.3 Å². The van der Waals surface area contributed by atoms with Crippen molar-refractivity contribution in [2.75, 3.05) is 32.8 Å². The van der Waals surface area contributed by atoms with Gasteiger partial charge in [-0.25, -0.2) is 0 Å². The van der Waals surface area contributed by atoms with E-state index < -0.39 is 0 Å². The summed E-state index contributed by atoms with van der Waals surface area (Å²) in [5.74, 6) is 0.153. The van der Waals surface area contributed by atoms with Gasteiger partial charge in [-0.1, -0.05) is 29.8 Å². The van der Waals surface area contributed by atoms with Gasteiger partial charge in [0, 0.05) is 19.6 Å². The van der Waals surface area contributed by atoms with Crippen LogP contribution < -0.4 is 0 Å². The van der Waals surface area contributed by atoms with Crippen LogP contribution in [0, 0.1) is 6.92 Å². The zero-order valence-electron chi connectivity index (χ0n) is 14.4. The third-order valence-corrected chi connectivity index (χ3v) is 4.91. The Labute approximate surface area is 143 Å². The number of nitrogens with zero attached hydrogens (tertiary/aromatic N) is 2. The molecule has 2 fully saturated rings. The lowest BCUT2D eigenvalue weighted by Gasteiger charge is -2.38. The van der Waals surface area contributed by atoms with Crippen LogP contribution >= 0.6 is 0 Å². The molecule has 5 nitrogen and oxygen atoms in total. The highest BCUT2D eigenvalue weighted by molar-refractivity contribution is 5.88. The van der Waals surface area contributed by atoms with Gasteiger partial charge in [0.1, 0.15) is 6.04 Å². The molecule has 2 aliphatic rings. The molecule has 3 rings (SSSR count). The van der Waals surface area contributed by atoms with E-state index in [-0.39, 0.29) is 17.9 Å². The van der Waals surface area contributed by atoms with Crippen molar-refractivity contribution < 1.29 is 14.3 Å². The molecule has 0 N–H and O–H groups in total. The smallest absolute Gasteiger partial charge is 0.245 e. The molecule has 0 saturated carbocycles. The van der Waals surface area contributed by atoms with Gasteiger partial charge in [0.15, 0.2) is 0 Å². The van der Waals surface area contributed by atoms with Gasteiger partial charge in [-0.3, -0.25) is 9.59 Å². The quantitative estimate of drug-likeness (QED) is 0.849. The van der Waals surface area contributed by atoms with Crippen molar-refractivity contribution in [3.8, 4) is 0 Å². The van der Waals surface area contributed by atoms with Crippen molar-refractivity contribution in [3.63, 3.8) is 0 Å². The Morgan fingerprint density at radius 2 is 1.79 bits per heavy atom. The second-order valence-corrected chi connectivity index (χ2v) is 6.70. The molecule has 0 aromatic heterocycles. The highest BCUT2D eigenvalue weighted by atomic mass is 16.5. The number of ether oxygens (including phenoxy) is 1. The molecule has 0 radical (unpaired) electrons. The summed E-state index contributed by atoms with van der Waals surface area (Å²) in [4.78, 5) is 29.3. The Balaban J connectivity index is 1.67. The first kappa shape index (κ1) is 17.0. The lowest BCUT2D eigenvalue weighted by atomic mass is 9.99. The molecule has 1 aromatic rings. The van der Waals surface area contributed by atoms with E-state index in [1.54, 1.807) is 4.90 Å². The van der Waals surface area contributed by atoms with E-state index >= 15 is 0 Å². The van der Waals surface area contributed by atoms with Crippen molar-refractivity contribution in [2.45, 2.75) is 38.6 Å². The molecule has 2 heterocycles. The zero-order chi connectivity index (χ0) is 16.9. The van der Waals surface area contributed by atoms with Gasteiger partial charge in [0.05, 0.1) is 19.6 Å². The van der Waals surface area contributed by atoms with Crippen LogP contribution in [0.1, 0.15) is 30.4 Å². The number of morpholine rings is 1. The maximum Gasteiger partial charge on any atom is 0.245 e. The molecule has 1 atom stereocenters. The minimum atomic E-state index is -0.296. The number of likely N-dealkylation sites (tertiary alicyclic amines) is 1. The van der Waals surface area contributed by atoms with E-state index in [0.717, 1.165) is 24.8 Å². The molecule has 2 amide bonds. The van der Waals surface area contributed by atoms with Gasteiger partial charge in [-0.05, 0) is 31.7 Å². The van der Waals surface area contributed by atoms with Gasteiger partial charge in [0.2, 0.25) is 11.8 Å². The molecule has 0 unspecified atom stereocenters. The average Bonchev–Trinajstić information content (AvgIpc) is 2.63. The van der Waals surface area contributed by atoms with E-state index in [1.165, 1.54) is 5.56 Å². The minimum Gasteiger partial charge on any atom is -0.378 e. The fraction of sp³-hybridized carbons (Fsp3) is 0.579. The third kappa shape index (κ3) is 3.96. The van der Waals surface area contributed by atoms with Gasteiger partial charge in [-0.2, -0.15) is 0 Å². The van der Waals surface area contributed by atoms with Gasteiger partial charge in [0.25, 0.3) is 0 Å². The zero-order valence-corrected chi connectivity index (χ0v) is 14.4. The van der Waals surface area contributed by atoms with E-state index in [4.69, 9.17) is 4.74 Å². The first-order valence-corrected chi connectivity index (χ1v) is 8.87. The molecule has 0 aliphatic carbocycles. The Kier molecular flexibility index (Phi) is 5.51. The normalized spacial score (nSPS) is 21.6. The maximum absolute atomic E-state index is 12.8. The van der Waals surface area contributed by atoms with Crippen LogP contribution in [0.3, 0.4) is 0 Å². The highest BCUT2D eigenvalue weighted by Crippen LogP contribution is 2.21. The summed E-state index contributed by atoms with van der Waals surface area (Å²) in [6.07, 6.45) is 3.13.